The summed E-state index contributed by atoms with van der Waals surface area (Å²) in [4.78, 5) is 24.4. The van der Waals surface area contributed by atoms with Crippen LogP contribution < -0.4 is 15.8 Å². The number of ether oxygens (including phenoxy) is 1. The predicted molar refractivity (Wildman–Crippen MR) is 92.1 cm³/mol. The van der Waals surface area contributed by atoms with Gasteiger partial charge in [-0.05, 0) is 48.7 Å². The molecule has 1 aliphatic carbocycles. The Morgan fingerprint density at radius 2 is 1.96 bits per heavy atom. The van der Waals surface area contributed by atoms with Crippen molar-refractivity contribution in [1.29, 1.82) is 0 Å². The Balaban J connectivity index is 1.93. The maximum absolute atomic E-state index is 13.6. The molecule has 0 aromatic heterocycles. The third-order valence-corrected chi connectivity index (χ3v) is 4.75. The van der Waals surface area contributed by atoms with Crippen LogP contribution in [-0.4, -0.2) is 18.9 Å². The maximum atomic E-state index is 13.6. The number of carbonyl (C=O) groups is 2. The predicted octanol–water partition coefficient (Wildman–Crippen LogP) is 2.99. The number of rotatable bonds is 5. The van der Waals surface area contributed by atoms with E-state index in [0.29, 0.717) is 29.8 Å². The third kappa shape index (κ3) is 3.07. The largest absolute Gasteiger partial charge is 0.495 e. The monoisotopic (exact) mass is 342 g/mol. The van der Waals surface area contributed by atoms with Crippen molar-refractivity contribution in [2.75, 3.05) is 12.4 Å². The number of anilines is 1. The number of nitrogens with two attached hydrogens (primary N) is 1. The van der Waals surface area contributed by atoms with Crippen LogP contribution in [0.5, 0.6) is 5.75 Å². The number of carbonyl (C=O) groups excluding carboxylic acids is 2. The quantitative estimate of drug-likeness (QED) is 0.876. The van der Waals surface area contributed by atoms with Crippen LogP contribution in [0.2, 0.25) is 0 Å². The Morgan fingerprint density at radius 3 is 2.52 bits per heavy atom. The molecule has 3 rings (SSSR count). The van der Waals surface area contributed by atoms with Crippen LogP contribution in [0, 0.1) is 5.82 Å². The van der Waals surface area contributed by atoms with E-state index < -0.39 is 11.3 Å². The van der Waals surface area contributed by atoms with Gasteiger partial charge in [0.05, 0.1) is 18.2 Å². The Morgan fingerprint density at radius 1 is 1.20 bits per heavy atom. The summed E-state index contributed by atoms with van der Waals surface area (Å²) in [5, 5.41) is 2.82. The highest BCUT2D eigenvalue weighted by Gasteiger charge is 2.46. The van der Waals surface area contributed by atoms with E-state index in [9.17, 15) is 14.0 Å². The van der Waals surface area contributed by atoms with Gasteiger partial charge in [0, 0.05) is 5.56 Å². The minimum Gasteiger partial charge on any atom is -0.495 e. The molecule has 0 radical (unpaired) electrons. The average molecular weight is 342 g/mol. The molecule has 0 heterocycles. The van der Waals surface area contributed by atoms with Crippen molar-refractivity contribution < 1.29 is 18.7 Å². The van der Waals surface area contributed by atoms with Crippen LogP contribution in [0.1, 0.15) is 35.2 Å². The van der Waals surface area contributed by atoms with Crippen LogP contribution in [0.25, 0.3) is 0 Å². The first-order chi connectivity index (χ1) is 12.0. The third-order valence-electron chi connectivity index (χ3n) is 4.75. The molecule has 130 valence electrons. The van der Waals surface area contributed by atoms with Gasteiger partial charge in [0.1, 0.15) is 11.6 Å². The normalized spacial score (nSPS) is 15.1. The summed E-state index contributed by atoms with van der Waals surface area (Å²) >= 11 is 0. The lowest BCUT2D eigenvalue weighted by Gasteiger charge is -2.40. The Kier molecular flexibility index (Phi) is 4.44. The van der Waals surface area contributed by atoms with Crippen LogP contribution >= 0.6 is 0 Å². The molecule has 0 atom stereocenters. The molecule has 3 N–H and O–H groups in total. The summed E-state index contributed by atoms with van der Waals surface area (Å²) in [5.74, 6) is -0.789. The van der Waals surface area contributed by atoms with Crippen LogP contribution in [0.3, 0.4) is 0 Å². The van der Waals surface area contributed by atoms with E-state index in [1.165, 1.54) is 31.4 Å². The second kappa shape index (κ2) is 6.55. The van der Waals surface area contributed by atoms with Gasteiger partial charge in [-0.25, -0.2) is 4.39 Å². The molecule has 1 aliphatic rings. The molecular weight excluding hydrogens is 323 g/mol. The van der Waals surface area contributed by atoms with Gasteiger partial charge < -0.3 is 15.8 Å². The summed E-state index contributed by atoms with van der Waals surface area (Å²) < 4.78 is 18.8. The number of methoxy groups -OCH3 is 1. The Bertz CT molecular complexity index is 831. The molecule has 0 spiro atoms. The lowest BCUT2D eigenvalue weighted by atomic mass is 9.63. The number of primary amides is 1. The van der Waals surface area contributed by atoms with E-state index in [1.54, 1.807) is 18.2 Å². The summed E-state index contributed by atoms with van der Waals surface area (Å²) in [6, 6.07) is 10.7. The average Bonchev–Trinajstić information content (AvgIpc) is 2.53. The summed E-state index contributed by atoms with van der Waals surface area (Å²) in [6.07, 6.45) is 2.17. The van der Waals surface area contributed by atoms with Gasteiger partial charge in [-0.2, -0.15) is 0 Å². The van der Waals surface area contributed by atoms with E-state index in [4.69, 9.17) is 10.5 Å². The number of halogens is 1. The molecule has 1 fully saturated rings. The SMILES string of the molecule is COc1ccc(C(N)=O)cc1NC(=O)C1(c2cccc(F)c2)CCC1. The highest BCUT2D eigenvalue weighted by molar-refractivity contribution is 6.02. The highest BCUT2D eigenvalue weighted by Crippen LogP contribution is 2.45. The van der Waals surface area contributed by atoms with E-state index >= 15 is 0 Å². The Labute approximate surface area is 145 Å². The van der Waals surface area contributed by atoms with Gasteiger partial charge in [0.25, 0.3) is 0 Å². The zero-order chi connectivity index (χ0) is 18.0. The second-order valence-electron chi connectivity index (χ2n) is 6.18. The van der Waals surface area contributed by atoms with Gasteiger partial charge in [-0.3, -0.25) is 9.59 Å². The lowest BCUT2D eigenvalue weighted by molar-refractivity contribution is -0.124. The van der Waals surface area contributed by atoms with Crippen LogP contribution in [0.15, 0.2) is 42.5 Å². The molecule has 2 aromatic carbocycles. The fourth-order valence-electron chi connectivity index (χ4n) is 3.16. The minimum absolute atomic E-state index is 0.246. The first kappa shape index (κ1) is 17.0. The molecule has 1 saturated carbocycles. The standard InChI is InChI=1S/C19H19FN2O3/c1-25-16-7-6-12(17(21)23)10-15(16)22-18(24)19(8-3-9-19)13-4-2-5-14(20)11-13/h2,4-7,10-11H,3,8-9H2,1H3,(H2,21,23)(H,22,24). The van der Waals surface area contributed by atoms with E-state index in [2.05, 4.69) is 5.32 Å². The summed E-state index contributed by atoms with van der Waals surface area (Å²) in [7, 11) is 1.47. The summed E-state index contributed by atoms with van der Waals surface area (Å²) in [5.41, 5.74) is 5.82. The first-order valence-electron chi connectivity index (χ1n) is 8.01. The van der Waals surface area contributed by atoms with Crippen LogP contribution in [0.4, 0.5) is 10.1 Å². The van der Waals surface area contributed by atoms with Gasteiger partial charge in [-0.15, -0.1) is 0 Å². The fraction of sp³-hybridized carbons (Fsp3) is 0.263. The van der Waals surface area contributed by atoms with E-state index in [-0.39, 0.29) is 17.3 Å². The van der Waals surface area contributed by atoms with Crippen molar-refractivity contribution >= 4 is 17.5 Å². The van der Waals surface area contributed by atoms with Crippen molar-refractivity contribution in [3.8, 4) is 5.75 Å². The number of nitrogens with one attached hydrogen (secondary N) is 1. The van der Waals surface area contributed by atoms with Crippen molar-refractivity contribution in [3.05, 3.63) is 59.4 Å². The van der Waals surface area contributed by atoms with Gasteiger partial charge >= 0.3 is 0 Å². The van der Waals surface area contributed by atoms with Gasteiger partial charge in [0.15, 0.2) is 0 Å². The smallest absolute Gasteiger partial charge is 0.248 e. The highest BCUT2D eigenvalue weighted by atomic mass is 19.1. The fourth-order valence-corrected chi connectivity index (χ4v) is 3.16. The molecule has 0 bridgehead atoms. The van der Waals surface area contributed by atoms with E-state index in [1.807, 2.05) is 0 Å². The van der Waals surface area contributed by atoms with Gasteiger partial charge in [0.2, 0.25) is 11.8 Å². The van der Waals surface area contributed by atoms with Crippen molar-refractivity contribution in [1.82, 2.24) is 0 Å². The van der Waals surface area contributed by atoms with Crippen LogP contribution in [-0.2, 0) is 10.2 Å². The molecule has 0 saturated heterocycles. The van der Waals surface area contributed by atoms with Crippen molar-refractivity contribution in [2.45, 2.75) is 24.7 Å². The molecule has 2 amide bonds. The summed E-state index contributed by atoms with van der Waals surface area (Å²) in [6.45, 7) is 0. The molecule has 5 nitrogen and oxygen atoms in total. The molecule has 25 heavy (non-hydrogen) atoms. The first-order valence-corrected chi connectivity index (χ1v) is 8.01. The number of amides is 2. The van der Waals surface area contributed by atoms with Crippen molar-refractivity contribution in [2.24, 2.45) is 5.73 Å². The number of benzene rings is 2. The topological polar surface area (TPSA) is 81.4 Å². The molecular formula is C19H19FN2O3. The zero-order valence-electron chi connectivity index (χ0n) is 13.8. The molecule has 6 heteroatoms. The lowest BCUT2D eigenvalue weighted by Crippen LogP contribution is -2.46. The second-order valence-corrected chi connectivity index (χ2v) is 6.18. The Hall–Kier alpha value is -2.89. The minimum atomic E-state index is -0.768. The van der Waals surface area contributed by atoms with E-state index in [0.717, 1.165) is 6.42 Å². The van der Waals surface area contributed by atoms with Gasteiger partial charge in [-0.1, -0.05) is 18.6 Å². The number of hydrogen-bond donors (Lipinski definition) is 2. The number of hydrogen-bond acceptors (Lipinski definition) is 3. The zero-order valence-corrected chi connectivity index (χ0v) is 13.8. The molecule has 0 aliphatic heterocycles. The maximum Gasteiger partial charge on any atom is 0.248 e. The van der Waals surface area contributed by atoms with Crippen molar-refractivity contribution in [3.63, 3.8) is 0 Å². The molecule has 0 unspecified atom stereocenters. The molecule has 2 aromatic rings.